The highest BCUT2D eigenvalue weighted by Gasteiger charge is 2.39. The molecule has 19 N–H and O–H groups in total. The van der Waals surface area contributed by atoms with E-state index < -0.39 is 127 Å². The van der Waals surface area contributed by atoms with Crippen molar-refractivity contribution in [3.8, 4) is 5.75 Å². The molecule has 0 bridgehead atoms. The monoisotopic (exact) mass is 1180 g/mol. The molecule has 6 rings (SSSR count). The SMILES string of the molecule is CC(C)C[C@H](NC(=O)CNC(=O)[C@H](Cc1ccc(O)cc1)NC(=O)[C@H](CO)NC(=O)[C@H](Cc1c[nH]c2ccccc12)NC(=O)[C@H](Cc1cnc[nH]1)NC(=O)C1CCC(=O)N1)C(=O)N[C@@H](CCCN=C(N)N)C(=O)N1CCC[C@@H]1C(=O)NCC(N)=O. The molecule has 2 aliphatic heterocycles. The smallest absolute Gasteiger partial charge is 0.245 e. The molecular formula is C55H75N17O13. The molecule has 0 spiro atoms. The first kappa shape index (κ1) is 64.6. The van der Waals surface area contributed by atoms with Crippen LogP contribution in [0.2, 0.25) is 0 Å². The number of amides is 11. The van der Waals surface area contributed by atoms with Crippen LogP contribution in [0.15, 0.2) is 72.2 Å². The molecule has 2 saturated heterocycles. The highest BCUT2D eigenvalue weighted by Crippen LogP contribution is 2.22. The number of hydrogen-bond acceptors (Lipinski definition) is 15. The predicted octanol–water partition coefficient (Wildman–Crippen LogP) is -4.39. The van der Waals surface area contributed by atoms with E-state index in [1.54, 1.807) is 44.3 Å². The van der Waals surface area contributed by atoms with Gasteiger partial charge in [-0.15, -0.1) is 0 Å². The fraction of sp³-hybridized carbons (Fsp3) is 0.473. The quantitative estimate of drug-likeness (QED) is 0.0129. The normalized spacial score (nSPS) is 16.8. The topological polar surface area (TPSA) is 475 Å². The Morgan fingerprint density at radius 3 is 2.04 bits per heavy atom. The molecule has 2 fully saturated rings. The Labute approximate surface area is 488 Å². The number of phenols is 1. The summed E-state index contributed by atoms with van der Waals surface area (Å²) < 4.78 is 0. The Morgan fingerprint density at radius 2 is 1.39 bits per heavy atom. The Bertz CT molecular complexity index is 3060. The summed E-state index contributed by atoms with van der Waals surface area (Å²) in [7, 11) is 0. The lowest BCUT2D eigenvalue weighted by atomic mass is 10.0. The van der Waals surface area contributed by atoms with Gasteiger partial charge in [0.05, 0.1) is 26.0 Å². The zero-order valence-electron chi connectivity index (χ0n) is 47.1. The molecule has 0 saturated carbocycles. The number of rotatable bonds is 31. The first-order chi connectivity index (χ1) is 40.6. The van der Waals surface area contributed by atoms with Crippen molar-refractivity contribution in [3.05, 3.63) is 84.1 Å². The van der Waals surface area contributed by atoms with E-state index in [0.29, 0.717) is 34.1 Å². The maximum Gasteiger partial charge on any atom is 0.245 e. The number of imidazole rings is 1. The number of aromatic hydroxyl groups is 1. The van der Waals surface area contributed by atoms with Gasteiger partial charge in [-0.25, -0.2) is 4.98 Å². The number of aliphatic hydroxyl groups excluding tert-OH is 1. The van der Waals surface area contributed by atoms with Crippen molar-refractivity contribution in [1.29, 1.82) is 0 Å². The van der Waals surface area contributed by atoms with Crippen molar-refractivity contribution in [2.24, 2.45) is 28.1 Å². The molecule has 0 aliphatic carbocycles. The molecule has 458 valence electrons. The van der Waals surface area contributed by atoms with E-state index in [2.05, 4.69) is 67.8 Å². The summed E-state index contributed by atoms with van der Waals surface area (Å²) >= 11 is 0. The zero-order valence-corrected chi connectivity index (χ0v) is 47.1. The Morgan fingerprint density at radius 1 is 0.729 bits per heavy atom. The number of phenolic OH excluding ortho intramolecular Hbond substituents is 1. The minimum atomic E-state index is -1.76. The fourth-order valence-electron chi connectivity index (χ4n) is 9.79. The van der Waals surface area contributed by atoms with Crippen molar-refractivity contribution >= 4 is 81.8 Å². The number of benzene rings is 2. The molecule has 2 aliphatic rings. The lowest BCUT2D eigenvalue weighted by molar-refractivity contribution is -0.142. The number of primary amides is 1. The van der Waals surface area contributed by atoms with Crippen molar-refractivity contribution in [3.63, 3.8) is 0 Å². The number of aromatic nitrogens is 3. The number of carbonyl (C=O) groups is 11. The Kier molecular flexibility index (Phi) is 23.7. The van der Waals surface area contributed by atoms with Crippen LogP contribution < -0.4 is 65.1 Å². The lowest BCUT2D eigenvalue weighted by Gasteiger charge is -2.30. The number of nitrogens with zero attached hydrogens (tertiary/aromatic N) is 3. The van der Waals surface area contributed by atoms with Crippen LogP contribution in [-0.2, 0) is 72.0 Å². The Hall–Kier alpha value is -9.61. The minimum Gasteiger partial charge on any atom is -0.508 e. The second kappa shape index (κ2) is 31.2. The number of para-hydroxylation sites is 1. The van der Waals surface area contributed by atoms with Crippen molar-refractivity contribution in [1.82, 2.24) is 67.7 Å². The molecule has 2 aromatic carbocycles. The third kappa shape index (κ3) is 19.5. The van der Waals surface area contributed by atoms with Crippen LogP contribution in [-0.4, -0.2) is 182 Å². The summed E-state index contributed by atoms with van der Waals surface area (Å²) in [6.07, 6.45) is 5.24. The molecule has 0 radical (unpaired) electrons. The van der Waals surface area contributed by atoms with E-state index in [1.807, 2.05) is 0 Å². The van der Waals surface area contributed by atoms with Gasteiger partial charge < -0.3 is 90.1 Å². The summed E-state index contributed by atoms with van der Waals surface area (Å²) in [4.78, 5) is 164. The molecule has 30 heteroatoms. The van der Waals surface area contributed by atoms with Gasteiger partial charge in [0.15, 0.2) is 5.96 Å². The number of carbonyl (C=O) groups excluding carboxylic acids is 11. The number of hydrogen-bond donors (Lipinski definition) is 16. The Balaban J connectivity index is 1.16. The number of aliphatic hydroxyl groups is 1. The predicted molar refractivity (Wildman–Crippen MR) is 305 cm³/mol. The van der Waals surface area contributed by atoms with Gasteiger partial charge in [-0.05, 0) is 73.8 Å². The number of H-pyrrole nitrogens is 2. The average Bonchev–Trinajstić information content (AvgIpc) is 4.32. The van der Waals surface area contributed by atoms with Crippen LogP contribution >= 0.6 is 0 Å². The molecule has 4 heterocycles. The second-order valence-electron chi connectivity index (χ2n) is 21.2. The van der Waals surface area contributed by atoms with Crippen LogP contribution in [0, 0.1) is 5.92 Å². The molecule has 2 aromatic heterocycles. The van der Waals surface area contributed by atoms with Gasteiger partial charge >= 0.3 is 0 Å². The molecule has 1 unspecified atom stereocenters. The van der Waals surface area contributed by atoms with Gasteiger partial charge in [0, 0.05) is 67.8 Å². The standard InChI is InChI=1S/C55H75N17O13/c1-29(2)19-38(49(80)67-37(9-5-17-60-55(57)58)54(85)72-18-6-10-43(72)53(84)62-25-44(56)75)66-46(77)26-63-47(78)39(20-30-11-13-33(74)14-12-30)68-52(83)42(27-73)71-50(81)40(21-31-23-61-35-8-4-3-7-34(31)35)69-51(82)41(22-32-24-59-28-64-32)70-48(79)36-15-16-45(76)65-36/h3-4,7-8,11-14,23-24,28-29,36-43,61,73-74H,5-6,9-10,15-22,25-27H2,1-2H3,(H2,56,75)(H,59,64)(H,62,84)(H,63,78)(H,65,76)(H,66,77)(H,67,80)(H,68,83)(H,69,82)(H,70,79)(H,71,81)(H4,57,58,60)/t36?,37-,38-,39-,40-,41-,42-,43+/m0/s1. The highest BCUT2D eigenvalue weighted by atomic mass is 16.3. The molecule has 30 nitrogen and oxygen atoms in total. The number of nitrogens with one attached hydrogen (secondary N) is 11. The molecular weight excluding hydrogens is 1110 g/mol. The van der Waals surface area contributed by atoms with E-state index in [9.17, 15) is 63.0 Å². The summed E-state index contributed by atoms with van der Waals surface area (Å²) in [6.45, 7) is 1.62. The van der Waals surface area contributed by atoms with Gasteiger partial charge in [-0.2, -0.15) is 0 Å². The first-order valence-corrected chi connectivity index (χ1v) is 27.8. The maximum atomic E-state index is 14.4. The van der Waals surface area contributed by atoms with E-state index in [-0.39, 0.29) is 94.4 Å². The molecule has 85 heavy (non-hydrogen) atoms. The van der Waals surface area contributed by atoms with E-state index in [1.165, 1.54) is 41.7 Å². The number of fused-ring (bicyclic) bond motifs is 1. The summed E-state index contributed by atoms with van der Waals surface area (Å²) in [5.74, 6) is -8.86. The van der Waals surface area contributed by atoms with Crippen LogP contribution in [0.4, 0.5) is 0 Å². The van der Waals surface area contributed by atoms with Crippen molar-refractivity contribution < 1.29 is 63.0 Å². The first-order valence-electron chi connectivity index (χ1n) is 27.8. The van der Waals surface area contributed by atoms with E-state index in [0.717, 1.165) is 0 Å². The van der Waals surface area contributed by atoms with Crippen LogP contribution in [0.25, 0.3) is 10.9 Å². The van der Waals surface area contributed by atoms with Crippen LogP contribution in [0.1, 0.15) is 75.6 Å². The van der Waals surface area contributed by atoms with Gasteiger partial charge in [-0.3, -0.25) is 57.7 Å². The third-order valence-corrected chi connectivity index (χ3v) is 14.1. The molecule has 4 aromatic rings. The average molecular weight is 1180 g/mol. The lowest BCUT2D eigenvalue weighted by Crippen LogP contribution is -2.60. The summed E-state index contributed by atoms with van der Waals surface area (Å²) in [5, 5.41) is 44.5. The van der Waals surface area contributed by atoms with E-state index >= 15 is 0 Å². The number of guanidine groups is 1. The van der Waals surface area contributed by atoms with Crippen LogP contribution in [0.5, 0.6) is 5.75 Å². The van der Waals surface area contributed by atoms with Crippen LogP contribution in [0.3, 0.4) is 0 Å². The van der Waals surface area contributed by atoms with Crippen molar-refractivity contribution in [2.45, 2.75) is 126 Å². The maximum absolute atomic E-state index is 14.4. The van der Waals surface area contributed by atoms with Gasteiger partial charge in [0.25, 0.3) is 0 Å². The van der Waals surface area contributed by atoms with E-state index in [4.69, 9.17) is 17.2 Å². The third-order valence-electron chi connectivity index (χ3n) is 14.1. The number of aliphatic imine (C=N–C) groups is 1. The minimum absolute atomic E-state index is 0.0156. The summed E-state index contributed by atoms with van der Waals surface area (Å²) in [6, 6.07) is 2.37. The van der Waals surface area contributed by atoms with Gasteiger partial charge in [0.2, 0.25) is 65.0 Å². The molecule has 8 atom stereocenters. The van der Waals surface area contributed by atoms with Crippen molar-refractivity contribution in [2.75, 3.05) is 32.8 Å². The number of aromatic amines is 2. The molecule has 11 amide bonds. The summed E-state index contributed by atoms with van der Waals surface area (Å²) in [5.41, 5.74) is 18.3. The zero-order chi connectivity index (χ0) is 61.7. The number of likely N-dealkylation sites (tertiary alicyclic amines) is 1. The van der Waals surface area contributed by atoms with Gasteiger partial charge in [-0.1, -0.05) is 44.2 Å². The van der Waals surface area contributed by atoms with Gasteiger partial charge in [0.1, 0.15) is 54.1 Å². The fourth-order valence-corrected chi connectivity index (χ4v) is 9.79. The number of nitrogens with two attached hydrogens (primary N) is 3. The second-order valence-corrected chi connectivity index (χ2v) is 21.2. The largest absolute Gasteiger partial charge is 0.508 e. The highest BCUT2D eigenvalue weighted by molar-refractivity contribution is 5.99.